The van der Waals surface area contributed by atoms with E-state index in [1.807, 2.05) is 24.0 Å². The molecule has 6 heteroatoms. The molecule has 0 bridgehead atoms. The third-order valence-electron chi connectivity index (χ3n) is 5.42. The summed E-state index contributed by atoms with van der Waals surface area (Å²) in [5.74, 6) is -0.410. The van der Waals surface area contributed by atoms with Crippen molar-refractivity contribution in [2.75, 3.05) is 38.0 Å². The molecule has 1 saturated heterocycles. The lowest BCUT2D eigenvalue weighted by atomic mass is 10.1. The molecule has 1 aliphatic rings. The van der Waals surface area contributed by atoms with Crippen LogP contribution in [0.5, 0.6) is 0 Å². The summed E-state index contributed by atoms with van der Waals surface area (Å²) >= 11 is 0. The lowest BCUT2D eigenvalue weighted by Crippen LogP contribution is -2.48. The van der Waals surface area contributed by atoms with Crippen molar-refractivity contribution < 1.29 is 14.0 Å². The molecule has 0 aromatic heterocycles. The van der Waals surface area contributed by atoms with Crippen molar-refractivity contribution in [2.45, 2.75) is 26.7 Å². The van der Waals surface area contributed by atoms with Crippen molar-refractivity contribution in [2.24, 2.45) is 0 Å². The number of nitrogens with one attached hydrogen (secondary N) is 1. The molecule has 0 atom stereocenters. The zero-order valence-corrected chi connectivity index (χ0v) is 17.1. The van der Waals surface area contributed by atoms with Crippen molar-refractivity contribution in [3.63, 3.8) is 0 Å². The van der Waals surface area contributed by atoms with E-state index in [1.54, 1.807) is 18.2 Å². The maximum absolute atomic E-state index is 13.0. The van der Waals surface area contributed by atoms with Gasteiger partial charge in [-0.1, -0.05) is 25.1 Å². The standard InChI is InChI=1S/C23H28FN3O2/c1-3-26-12-14-27(15-13-26)23(29)19-8-4-17(2)21(16-19)25-22(28)11-7-18-5-9-20(24)10-6-18/h4-6,8-10,16H,3,7,11-15H2,1-2H3,(H,25,28). The number of carbonyl (C=O) groups excluding carboxylic acids is 2. The van der Waals surface area contributed by atoms with E-state index in [4.69, 9.17) is 0 Å². The van der Waals surface area contributed by atoms with Crippen LogP contribution in [0.15, 0.2) is 42.5 Å². The van der Waals surface area contributed by atoms with E-state index in [0.29, 0.717) is 24.1 Å². The fourth-order valence-corrected chi connectivity index (χ4v) is 3.46. The second kappa shape index (κ2) is 9.65. The lowest BCUT2D eigenvalue weighted by Gasteiger charge is -2.34. The third-order valence-corrected chi connectivity index (χ3v) is 5.42. The Morgan fingerprint density at radius 2 is 1.72 bits per heavy atom. The monoisotopic (exact) mass is 397 g/mol. The Kier molecular flexibility index (Phi) is 6.99. The number of carbonyl (C=O) groups is 2. The van der Waals surface area contributed by atoms with Crippen LogP contribution < -0.4 is 5.32 Å². The normalized spacial score (nSPS) is 14.7. The van der Waals surface area contributed by atoms with Crippen LogP contribution >= 0.6 is 0 Å². The van der Waals surface area contributed by atoms with Gasteiger partial charge in [-0.25, -0.2) is 4.39 Å². The average Bonchev–Trinajstić information content (AvgIpc) is 2.74. The van der Waals surface area contributed by atoms with E-state index >= 15 is 0 Å². The van der Waals surface area contributed by atoms with Crippen LogP contribution in [-0.2, 0) is 11.2 Å². The van der Waals surface area contributed by atoms with E-state index < -0.39 is 0 Å². The highest BCUT2D eigenvalue weighted by atomic mass is 19.1. The molecule has 2 amide bonds. The maximum Gasteiger partial charge on any atom is 0.254 e. The number of hydrogen-bond acceptors (Lipinski definition) is 3. The quantitative estimate of drug-likeness (QED) is 0.812. The first-order valence-corrected chi connectivity index (χ1v) is 10.1. The Labute approximate surface area is 171 Å². The van der Waals surface area contributed by atoms with Crippen molar-refractivity contribution in [3.05, 3.63) is 65.0 Å². The highest BCUT2D eigenvalue weighted by molar-refractivity contribution is 5.97. The van der Waals surface area contributed by atoms with E-state index in [2.05, 4.69) is 17.1 Å². The lowest BCUT2D eigenvalue weighted by molar-refractivity contribution is -0.116. The number of halogens is 1. The SMILES string of the molecule is CCN1CCN(C(=O)c2ccc(C)c(NC(=O)CCc3ccc(F)cc3)c2)CC1. The van der Waals surface area contributed by atoms with Gasteiger partial charge in [0.25, 0.3) is 5.91 Å². The summed E-state index contributed by atoms with van der Waals surface area (Å²) < 4.78 is 13.0. The van der Waals surface area contributed by atoms with Gasteiger partial charge in [0.1, 0.15) is 5.82 Å². The number of amides is 2. The number of piperazine rings is 1. The summed E-state index contributed by atoms with van der Waals surface area (Å²) in [5, 5.41) is 2.91. The first kappa shape index (κ1) is 21.0. The van der Waals surface area contributed by atoms with Gasteiger partial charge in [-0.3, -0.25) is 9.59 Å². The molecule has 29 heavy (non-hydrogen) atoms. The number of anilines is 1. The molecule has 0 saturated carbocycles. The topological polar surface area (TPSA) is 52.6 Å². The van der Waals surface area contributed by atoms with Gasteiger partial charge in [-0.05, 0) is 55.3 Å². The van der Waals surface area contributed by atoms with Crippen LogP contribution in [-0.4, -0.2) is 54.3 Å². The van der Waals surface area contributed by atoms with E-state index in [1.165, 1.54) is 12.1 Å². The van der Waals surface area contributed by atoms with Crippen LogP contribution in [0.4, 0.5) is 10.1 Å². The molecule has 0 unspecified atom stereocenters. The average molecular weight is 397 g/mol. The molecule has 0 radical (unpaired) electrons. The summed E-state index contributed by atoms with van der Waals surface area (Å²) in [6, 6.07) is 11.6. The molecule has 1 N–H and O–H groups in total. The van der Waals surface area contributed by atoms with Gasteiger partial charge in [-0.15, -0.1) is 0 Å². The van der Waals surface area contributed by atoms with Gasteiger partial charge < -0.3 is 15.1 Å². The molecule has 0 spiro atoms. The maximum atomic E-state index is 13.0. The van der Waals surface area contributed by atoms with Gasteiger partial charge in [0.15, 0.2) is 0 Å². The molecular formula is C23H28FN3O2. The molecular weight excluding hydrogens is 369 g/mol. The summed E-state index contributed by atoms with van der Waals surface area (Å²) in [7, 11) is 0. The minimum Gasteiger partial charge on any atom is -0.336 e. The highest BCUT2D eigenvalue weighted by Gasteiger charge is 2.22. The Morgan fingerprint density at radius 3 is 2.38 bits per heavy atom. The second-order valence-corrected chi connectivity index (χ2v) is 7.43. The largest absolute Gasteiger partial charge is 0.336 e. The molecule has 1 fully saturated rings. The van der Waals surface area contributed by atoms with Crippen LogP contribution in [0.2, 0.25) is 0 Å². The number of aryl methyl sites for hydroxylation is 2. The van der Waals surface area contributed by atoms with E-state index in [-0.39, 0.29) is 17.6 Å². The van der Waals surface area contributed by atoms with Crippen molar-refractivity contribution in [3.8, 4) is 0 Å². The fourth-order valence-electron chi connectivity index (χ4n) is 3.46. The Bertz CT molecular complexity index is 859. The van der Waals surface area contributed by atoms with Crippen molar-refractivity contribution in [1.29, 1.82) is 0 Å². The zero-order chi connectivity index (χ0) is 20.8. The fraction of sp³-hybridized carbons (Fsp3) is 0.391. The minimum atomic E-state index is -0.286. The summed E-state index contributed by atoms with van der Waals surface area (Å²) in [6.45, 7) is 8.26. The second-order valence-electron chi connectivity index (χ2n) is 7.43. The number of nitrogens with zero attached hydrogens (tertiary/aromatic N) is 2. The molecule has 3 rings (SSSR count). The Hall–Kier alpha value is -2.73. The first-order chi connectivity index (χ1) is 14.0. The first-order valence-electron chi connectivity index (χ1n) is 10.1. The molecule has 1 heterocycles. The molecule has 0 aliphatic carbocycles. The number of likely N-dealkylation sites (N-methyl/N-ethyl adjacent to an activating group) is 1. The Balaban J connectivity index is 1.60. The van der Waals surface area contributed by atoms with Gasteiger partial charge in [0.05, 0.1) is 0 Å². The molecule has 2 aromatic rings. The smallest absolute Gasteiger partial charge is 0.254 e. The molecule has 2 aromatic carbocycles. The van der Waals surface area contributed by atoms with Crippen LogP contribution in [0, 0.1) is 12.7 Å². The van der Waals surface area contributed by atoms with Gasteiger partial charge in [0.2, 0.25) is 5.91 Å². The highest BCUT2D eigenvalue weighted by Crippen LogP contribution is 2.19. The van der Waals surface area contributed by atoms with Gasteiger partial charge >= 0.3 is 0 Å². The van der Waals surface area contributed by atoms with Gasteiger partial charge in [0, 0.05) is 43.9 Å². The molecule has 5 nitrogen and oxygen atoms in total. The summed E-state index contributed by atoms with van der Waals surface area (Å²) in [6.07, 6.45) is 0.827. The van der Waals surface area contributed by atoms with Crippen LogP contribution in [0.1, 0.15) is 34.8 Å². The molecule has 154 valence electrons. The predicted molar refractivity (Wildman–Crippen MR) is 113 cm³/mol. The van der Waals surface area contributed by atoms with Crippen LogP contribution in [0.25, 0.3) is 0 Å². The summed E-state index contributed by atoms with van der Waals surface area (Å²) in [4.78, 5) is 29.4. The summed E-state index contributed by atoms with van der Waals surface area (Å²) in [5.41, 5.74) is 3.07. The third kappa shape index (κ3) is 5.64. The predicted octanol–water partition coefficient (Wildman–Crippen LogP) is 3.48. The number of rotatable bonds is 6. The van der Waals surface area contributed by atoms with Crippen molar-refractivity contribution >= 4 is 17.5 Å². The van der Waals surface area contributed by atoms with Crippen LogP contribution in [0.3, 0.4) is 0 Å². The van der Waals surface area contributed by atoms with Gasteiger partial charge in [-0.2, -0.15) is 0 Å². The Morgan fingerprint density at radius 1 is 1.03 bits per heavy atom. The van der Waals surface area contributed by atoms with Crippen molar-refractivity contribution in [1.82, 2.24) is 9.80 Å². The number of benzene rings is 2. The molecule has 1 aliphatic heterocycles. The minimum absolute atomic E-state index is 0.00237. The van der Waals surface area contributed by atoms with E-state index in [0.717, 1.165) is 43.9 Å². The number of hydrogen-bond donors (Lipinski definition) is 1. The van der Waals surface area contributed by atoms with E-state index in [9.17, 15) is 14.0 Å². The zero-order valence-electron chi connectivity index (χ0n) is 17.1.